The summed E-state index contributed by atoms with van der Waals surface area (Å²) in [5.74, 6) is 1.20. The Bertz CT molecular complexity index is 172. The molecule has 0 heterocycles. The van der Waals surface area contributed by atoms with E-state index in [1.54, 1.807) is 0 Å². The third-order valence-electron chi connectivity index (χ3n) is 2.09. The van der Waals surface area contributed by atoms with Crippen LogP contribution in [0.3, 0.4) is 0 Å². The maximum atomic E-state index is 3.92. The Hall–Kier alpha value is 0.0595. The van der Waals surface area contributed by atoms with Gasteiger partial charge in [-0.25, -0.2) is 0 Å². The Balaban J connectivity index is 0.000000318. The quantitative estimate of drug-likeness (QED) is 0.685. The molecule has 0 N–H and O–H groups in total. The number of hydrogen-bond donors (Lipinski definition) is 0. The first kappa shape index (κ1) is 16.1. The van der Waals surface area contributed by atoms with Crippen molar-refractivity contribution in [3.8, 4) is 0 Å². The fourth-order valence-corrected chi connectivity index (χ4v) is 1.15. The van der Waals surface area contributed by atoms with Crippen molar-refractivity contribution in [1.82, 2.24) is 4.90 Å². The van der Waals surface area contributed by atoms with Crippen LogP contribution in [0.4, 0.5) is 0 Å². The zero-order valence-electron chi connectivity index (χ0n) is 9.70. The molecule has 2 heteroatoms. The van der Waals surface area contributed by atoms with Crippen LogP contribution >= 0.6 is 0 Å². The third kappa shape index (κ3) is 5.96. The molecule has 0 unspecified atom stereocenters. The average molecular weight is 255 g/mol. The molecule has 2 rings (SSSR count). The van der Waals surface area contributed by atoms with Gasteiger partial charge in [-0.15, -0.1) is 0 Å². The molecular formula is C14H17FeN. The van der Waals surface area contributed by atoms with Crippen molar-refractivity contribution in [3.63, 3.8) is 0 Å². The van der Waals surface area contributed by atoms with Crippen LogP contribution in [0.2, 0.25) is 0 Å². The molecule has 0 spiro atoms. The molecule has 1 nitrogen and oxygen atoms in total. The predicted molar refractivity (Wildman–Crippen MR) is 64.8 cm³/mol. The van der Waals surface area contributed by atoms with Gasteiger partial charge in [0, 0.05) is 42.8 Å². The fourth-order valence-electron chi connectivity index (χ4n) is 1.15. The third-order valence-corrected chi connectivity index (χ3v) is 2.09. The van der Waals surface area contributed by atoms with Crippen molar-refractivity contribution in [3.05, 3.63) is 76.0 Å². The van der Waals surface area contributed by atoms with Gasteiger partial charge in [0.15, 0.2) is 0 Å². The topological polar surface area (TPSA) is 3.24 Å². The van der Waals surface area contributed by atoms with Crippen LogP contribution in [0.15, 0.2) is 12.3 Å². The van der Waals surface area contributed by atoms with Crippen LogP contribution in [-0.2, 0) is 17.1 Å². The molecule has 2 saturated carbocycles. The van der Waals surface area contributed by atoms with Crippen molar-refractivity contribution in [2.75, 3.05) is 14.1 Å². The summed E-state index contributed by atoms with van der Waals surface area (Å²) in [5, 5.41) is 0. The Morgan fingerprint density at radius 2 is 1.25 bits per heavy atom. The largest absolute Gasteiger partial charge is 0.381 e. The molecule has 0 amide bonds. The van der Waals surface area contributed by atoms with Gasteiger partial charge in [0.1, 0.15) is 0 Å². The number of allylic oxidation sites excluding steroid dienone is 1. The number of rotatable bonds is 2. The van der Waals surface area contributed by atoms with Crippen molar-refractivity contribution >= 4 is 0 Å². The van der Waals surface area contributed by atoms with Crippen LogP contribution in [0.25, 0.3) is 0 Å². The molecule has 0 aliphatic heterocycles. The standard InChI is InChI=1S/C9H12N.C5H5.Fe/c1-8(10(2)3)9-6-4-5-7-9;1-2-4-5-3-1;/h4-7H,1H2,2-3H3;1-5H;. The molecule has 0 atom stereocenters. The van der Waals surface area contributed by atoms with Crippen molar-refractivity contribution in [1.29, 1.82) is 0 Å². The van der Waals surface area contributed by atoms with Crippen molar-refractivity contribution in [2.24, 2.45) is 0 Å². The fraction of sp³-hybridized carbons (Fsp3) is 0.143. The monoisotopic (exact) mass is 255 g/mol. The average Bonchev–Trinajstić information content (AvgIpc) is 2.92. The van der Waals surface area contributed by atoms with E-state index in [1.165, 1.54) is 5.92 Å². The van der Waals surface area contributed by atoms with E-state index in [2.05, 4.69) is 19.4 Å². The maximum Gasteiger partial charge on any atom is 0.0281 e. The van der Waals surface area contributed by atoms with E-state index < -0.39 is 0 Å². The minimum atomic E-state index is 0. The van der Waals surface area contributed by atoms with Gasteiger partial charge in [0.2, 0.25) is 0 Å². The summed E-state index contributed by atoms with van der Waals surface area (Å²) in [6.07, 6.45) is 18.2. The summed E-state index contributed by atoms with van der Waals surface area (Å²) in [7, 11) is 3.99. The molecule has 2 aliphatic rings. The molecule has 10 radical (unpaired) electrons. The van der Waals surface area contributed by atoms with Gasteiger partial charge in [-0.2, -0.15) is 0 Å². The van der Waals surface area contributed by atoms with Crippen LogP contribution in [-0.4, -0.2) is 19.0 Å². The maximum absolute atomic E-state index is 3.92. The van der Waals surface area contributed by atoms with E-state index in [-0.39, 0.29) is 17.1 Å². The van der Waals surface area contributed by atoms with Gasteiger partial charge in [0.25, 0.3) is 0 Å². The van der Waals surface area contributed by atoms with Crippen LogP contribution in [0, 0.1) is 63.7 Å². The predicted octanol–water partition coefficient (Wildman–Crippen LogP) is 2.49. The van der Waals surface area contributed by atoms with E-state index in [0.717, 1.165) is 5.70 Å². The second-order valence-corrected chi connectivity index (χ2v) is 3.48. The minimum absolute atomic E-state index is 0. The summed E-state index contributed by atoms with van der Waals surface area (Å²) in [6.45, 7) is 3.92. The normalized spacial score (nSPS) is 19.6. The van der Waals surface area contributed by atoms with Gasteiger partial charge < -0.3 is 4.90 Å². The van der Waals surface area contributed by atoms with Crippen LogP contribution in [0.1, 0.15) is 0 Å². The molecule has 0 bridgehead atoms. The van der Waals surface area contributed by atoms with Crippen LogP contribution < -0.4 is 0 Å². The first-order valence-corrected chi connectivity index (χ1v) is 4.97. The van der Waals surface area contributed by atoms with E-state index >= 15 is 0 Å². The van der Waals surface area contributed by atoms with Crippen molar-refractivity contribution < 1.29 is 17.1 Å². The smallest absolute Gasteiger partial charge is 0.0281 e. The Morgan fingerprint density at radius 1 is 0.875 bits per heavy atom. The molecule has 0 aromatic carbocycles. The minimum Gasteiger partial charge on any atom is -0.381 e. The number of nitrogens with zero attached hydrogens (tertiary/aromatic N) is 1. The first-order chi connectivity index (χ1) is 7.22. The molecule has 2 fully saturated rings. The molecular weight excluding hydrogens is 238 g/mol. The summed E-state index contributed by atoms with van der Waals surface area (Å²) in [4.78, 5) is 2.01. The Labute approximate surface area is 112 Å². The van der Waals surface area contributed by atoms with Gasteiger partial charge in [-0.05, 0) is 57.8 Å². The van der Waals surface area contributed by atoms with Gasteiger partial charge >= 0.3 is 0 Å². The Kier molecular flexibility index (Phi) is 9.16. The summed E-state index contributed by atoms with van der Waals surface area (Å²) in [6, 6.07) is 0. The SMILES string of the molecule is C=C([C]1[CH][CH][CH][CH]1)N(C)C.[CH]1[CH][CH][CH][CH]1.[Fe]. The zero-order chi connectivity index (χ0) is 11.1. The first-order valence-electron chi connectivity index (χ1n) is 4.97. The second kappa shape index (κ2) is 9.13. The molecule has 0 saturated heterocycles. The van der Waals surface area contributed by atoms with E-state index in [0.29, 0.717) is 0 Å². The summed E-state index contributed by atoms with van der Waals surface area (Å²) >= 11 is 0. The van der Waals surface area contributed by atoms with E-state index in [1.807, 2.05) is 63.9 Å². The molecule has 16 heavy (non-hydrogen) atoms. The van der Waals surface area contributed by atoms with Crippen molar-refractivity contribution in [2.45, 2.75) is 0 Å². The number of hydrogen-bond acceptors (Lipinski definition) is 1. The second-order valence-electron chi connectivity index (χ2n) is 3.48. The Morgan fingerprint density at radius 3 is 1.56 bits per heavy atom. The zero-order valence-corrected chi connectivity index (χ0v) is 10.8. The molecule has 0 aromatic heterocycles. The van der Waals surface area contributed by atoms with E-state index in [9.17, 15) is 0 Å². The molecule has 2 aliphatic carbocycles. The summed E-state index contributed by atoms with van der Waals surface area (Å²) < 4.78 is 0. The molecule has 86 valence electrons. The van der Waals surface area contributed by atoms with E-state index in [4.69, 9.17) is 0 Å². The van der Waals surface area contributed by atoms with Gasteiger partial charge in [-0.3, -0.25) is 0 Å². The van der Waals surface area contributed by atoms with Gasteiger partial charge in [0.05, 0.1) is 0 Å². The molecule has 0 aromatic rings. The summed E-state index contributed by atoms with van der Waals surface area (Å²) in [5.41, 5.74) is 1.06. The van der Waals surface area contributed by atoms with Gasteiger partial charge in [-0.1, -0.05) is 6.58 Å². The van der Waals surface area contributed by atoms with Crippen LogP contribution in [0.5, 0.6) is 0 Å².